The quantitative estimate of drug-likeness (QED) is 0.825. The number of nitrogens with one attached hydrogen (secondary N) is 1. The molecule has 1 aliphatic carbocycles. The molecule has 0 radical (unpaired) electrons. The molecule has 1 aromatic heterocycles. The van der Waals surface area contributed by atoms with Crippen LogP contribution < -0.4 is 5.32 Å². The molecule has 2 N–H and O–H groups in total. The SMILES string of the molecule is O=C(NCC1(C(=O)O)CCCC1)c1ccnnc1. The van der Waals surface area contributed by atoms with Gasteiger partial charge in [0.2, 0.25) is 0 Å². The van der Waals surface area contributed by atoms with Gasteiger partial charge in [-0.2, -0.15) is 10.2 Å². The van der Waals surface area contributed by atoms with E-state index in [-0.39, 0.29) is 12.5 Å². The van der Waals surface area contributed by atoms with E-state index < -0.39 is 11.4 Å². The van der Waals surface area contributed by atoms with E-state index in [9.17, 15) is 14.7 Å². The molecule has 6 nitrogen and oxygen atoms in total. The third kappa shape index (κ3) is 2.47. The Morgan fingerprint density at radius 2 is 2.06 bits per heavy atom. The number of carboxylic acids is 1. The van der Waals surface area contributed by atoms with Crippen LogP contribution in [0.4, 0.5) is 0 Å². The second kappa shape index (κ2) is 5.12. The molecule has 96 valence electrons. The van der Waals surface area contributed by atoms with Gasteiger partial charge < -0.3 is 10.4 Å². The Balaban J connectivity index is 1.99. The molecule has 0 aliphatic heterocycles. The molecule has 1 aliphatic rings. The molecule has 1 heterocycles. The van der Waals surface area contributed by atoms with Crippen molar-refractivity contribution in [3.05, 3.63) is 24.0 Å². The lowest BCUT2D eigenvalue weighted by molar-refractivity contribution is -0.148. The van der Waals surface area contributed by atoms with Crippen LogP contribution in [0.5, 0.6) is 0 Å². The van der Waals surface area contributed by atoms with Crippen molar-refractivity contribution in [1.82, 2.24) is 15.5 Å². The fourth-order valence-corrected chi connectivity index (χ4v) is 2.29. The summed E-state index contributed by atoms with van der Waals surface area (Å²) in [6, 6.07) is 1.55. The largest absolute Gasteiger partial charge is 0.481 e. The van der Waals surface area contributed by atoms with Crippen LogP contribution >= 0.6 is 0 Å². The number of aromatic nitrogens is 2. The minimum Gasteiger partial charge on any atom is -0.481 e. The fraction of sp³-hybridized carbons (Fsp3) is 0.500. The van der Waals surface area contributed by atoms with E-state index >= 15 is 0 Å². The lowest BCUT2D eigenvalue weighted by atomic mass is 9.86. The summed E-state index contributed by atoms with van der Waals surface area (Å²) in [6.07, 6.45) is 5.83. The van der Waals surface area contributed by atoms with Crippen molar-refractivity contribution in [1.29, 1.82) is 0 Å². The van der Waals surface area contributed by atoms with Crippen molar-refractivity contribution < 1.29 is 14.7 Å². The van der Waals surface area contributed by atoms with Crippen LogP contribution in [0.3, 0.4) is 0 Å². The van der Waals surface area contributed by atoms with Gasteiger partial charge in [-0.25, -0.2) is 0 Å². The summed E-state index contributed by atoms with van der Waals surface area (Å²) >= 11 is 0. The average Bonchev–Trinajstić information content (AvgIpc) is 2.87. The normalized spacial score (nSPS) is 17.3. The molecular weight excluding hydrogens is 234 g/mol. The van der Waals surface area contributed by atoms with Crippen LogP contribution in [0, 0.1) is 5.41 Å². The summed E-state index contributed by atoms with van der Waals surface area (Å²) < 4.78 is 0. The maximum Gasteiger partial charge on any atom is 0.311 e. The molecule has 1 aromatic rings. The minimum absolute atomic E-state index is 0.170. The van der Waals surface area contributed by atoms with Crippen molar-refractivity contribution in [2.24, 2.45) is 5.41 Å². The smallest absolute Gasteiger partial charge is 0.311 e. The van der Waals surface area contributed by atoms with Crippen molar-refractivity contribution in [2.45, 2.75) is 25.7 Å². The van der Waals surface area contributed by atoms with Crippen molar-refractivity contribution in [3.63, 3.8) is 0 Å². The Kier molecular flexibility index (Phi) is 3.55. The Morgan fingerprint density at radius 1 is 1.33 bits per heavy atom. The zero-order valence-electron chi connectivity index (χ0n) is 9.93. The molecule has 0 spiro atoms. The van der Waals surface area contributed by atoms with Gasteiger partial charge in [0.15, 0.2) is 0 Å². The Morgan fingerprint density at radius 3 is 2.61 bits per heavy atom. The number of carboxylic acid groups (broad SMARTS) is 1. The van der Waals surface area contributed by atoms with Gasteiger partial charge in [0.25, 0.3) is 5.91 Å². The monoisotopic (exact) mass is 249 g/mol. The van der Waals surface area contributed by atoms with Gasteiger partial charge in [-0.3, -0.25) is 9.59 Å². The van der Waals surface area contributed by atoms with Crippen molar-refractivity contribution >= 4 is 11.9 Å². The number of carbonyl (C=O) groups is 2. The van der Waals surface area contributed by atoms with Crippen molar-refractivity contribution in [2.75, 3.05) is 6.54 Å². The highest BCUT2D eigenvalue weighted by Crippen LogP contribution is 2.37. The highest BCUT2D eigenvalue weighted by Gasteiger charge is 2.41. The minimum atomic E-state index is -0.826. The van der Waals surface area contributed by atoms with E-state index in [1.54, 1.807) is 6.07 Å². The zero-order valence-corrected chi connectivity index (χ0v) is 9.93. The summed E-state index contributed by atoms with van der Waals surface area (Å²) in [7, 11) is 0. The van der Waals surface area contributed by atoms with E-state index in [0.717, 1.165) is 12.8 Å². The number of hydrogen-bond donors (Lipinski definition) is 2. The molecule has 2 rings (SSSR count). The van der Waals surface area contributed by atoms with Gasteiger partial charge >= 0.3 is 5.97 Å². The van der Waals surface area contributed by atoms with Gasteiger partial charge in [0.05, 0.1) is 23.4 Å². The average molecular weight is 249 g/mol. The third-order valence-corrected chi connectivity index (χ3v) is 3.45. The van der Waals surface area contributed by atoms with Gasteiger partial charge in [-0.05, 0) is 18.9 Å². The Labute approximate surface area is 104 Å². The zero-order chi connectivity index (χ0) is 13.0. The summed E-state index contributed by atoms with van der Waals surface area (Å²) in [5.41, 5.74) is -0.403. The van der Waals surface area contributed by atoms with Crippen LogP contribution in [-0.2, 0) is 4.79 Å². The number of carbonyl (C=O) groups excluding carboxylic acids is 1. The van der Waals surface area contributed by atoms with E-state index in [2.05, 4.69) is 15.5 Å². The van der Waals surface area contributed by atoms with Crippen LogP contribution in [0.25, 0.3) is 0 Å². The Hall–Kier alpha value is -1.98. The van der Waals surface area contributed by atoms with Crippen LogP contribution in [-0.4, -0.2) is 33.7 Å². The summed E-state index contributed by atoms with van der Waals surface area (Å²) in [4.78, 5) is 23.1. The first-order valence-electron chi connectivity index (χ1n) is 5.92. The molecule has 0 aromatic carbocycles. The molecule has 1 saturated carbocycles. The van der Waals surface area contributed by atoms with Crippen molar-refractivity contribution in [3.8, 4) is 0 Å². The molecule has 1 amide bonds. The van der Waals surface area contributed by atoms with E-state index in [0.29, 0.717) is 18.4 Å². The van der Waals surface area contributed by atoms with Crippen LogP contribution in [0.15, 0.2) is 18.5 Å². The topological polar surface area (TPSA) is 92.2 Å². The molecule has 0 unspecified atom stereocenters. The molecular formula is C12H15N3O3. The highest BCUT2D eigenvalue weighted by molar-refractivity contribution is 5.94. The summed E-state index contributed by atoms with van der Waals surface area (Å²) in [6.45, 7) is 0.170. The summed E-state index contributed by atoms with van der Waals surface area (Å²) in [5.74, 6) is -1.13. The van der Waals surface area contributed by atoms with Gasteiger partial charge in [-0.15, -0.1) is 0 Å². The van der Waals surface area contributed by atoms with Gasteiger partial charge in [0.1, 0.15) is 0 Å². The molecule has 1 fully saturated rings. The van der Waals surface area contributed by atoms with E-state index in [1.165, 1.54) is 12.4 Å². The van der Waals surface area contributed by atoms with Gasteiger partial charge in [0, 0.05) is 6.54 Å². The predicted molar refractivity (Wildman–Crippen MR) is 62.9 cm³/mol. The second-order valence-electron chi connectivity index (χ2n) is 4.61. The number of nitrogens with zero attached hydrogens (tertiary/aromatic N) is 2. The maximum absolute atomic E-state index is 11.8. The number of amides is 1. The molecule has 6 heteroatoms. The molecule has 0 bridgehead atoms. The number of rotatable bonds is 4. The van der Waals surface area contributed by atoms with Gasteiger partial charge in [-0.1, -0.05) is 12.8 Å². The molecule has 0 saturated heterocycles. The standard InChI is InChI=1S/C12H15N3O3/c16-10(9-3-6-14-15-7-9)13-8-12(11(17)18)4-1-2-5-12/h3,6-7H,1-2,4-5,8H2,(H,13,16)(H,17,18). The third-order valence-electron chi connectivity index (χ3n) is 3.45. The van der Waals surface area contributed by atoms with E-state index in [4.69, 9.17) is 0 Å². The van der Waals surface area contributed by atoms with E-state index in [1.807, 2.05) is 0 Å². The second-order valence-corrected chi connectivity index (χ2v) is 4.61. The lowest BCUT2D eigenvalue weighted by Crippen LogP contribution is -2.41. The predicted octanol–water partition coefficient (Wildman–Crippen LogP) is 0.851. The summed E-state index contributed by atoms with van der Waals surface area (Å²) in [5, 5.41) is 19.1. The fourth-order valence-electron chi connectivity index (χ4n) is 2.29. The highest BCUT2D eigenvalue weighted by atomic mass is 16.4. The van der Waals surface area contributed by atoms with Crippen LogP contribution in [0.1, 0.15) is 36.0 Å². The molecule has 18 heavy (non-hydrogen) atoms. The first-order chi connectivity index (χ1) is 8.64. The first-order valence-corrected chi connectivity index (χ1v) is 5.92. The Bertz CT molecular complexity index is 441. The molecule has 0 atom stereocenters. The number of aliphatic carboxylic acids is 1. The van der Waals surface area contributed by atoms with Crippen LogP contribution in [0.2, 0.25) is 0 Å². The number of hydrogen-bond acceptors (Lipinski definition) is 4. The maximum atomic E-state index is 11.8. The lowest BCUT2D eigenvalue weighted by Gasteiger charge is -2.23. The first kappa shape index (κ1) is 12.5.